The first kappa shape index (κ1) is 11.4. The summed E-state index contributed by atoms with van der Waals surface area (Å²) in [6, 6.07) is 4.77. The van der Waals surface area contributed by atoms with Gasteiger partial charge in [0.05, 0.1) is 17.9 Å². The summed E-state index contributed by atoms with van der Waals surface area (Å²) in [4.78, 5) is 10.8. The van der Waals surface area contributed by atoms with Crippen LogP contribution < -0.4 is 10.5 Å². The van der Waals surface area contributed by atoms with E-state index in [-0.39, 0.29) is 11.3 Å². The number of benzene rings is 1. The number of para-hydroxylation sites is 1. The second-order valence-corrected chi connectivity index (χ2v) is 3.22. The number of ether oxygens (including phenoxy) is 1. The molecule has 1 rings (SSSR count). The summed E-state index contributed by atoms with van der Waals surface area (Å²) < 4.78 is 5.38. The molecule has 0 aliphatic heterocycles. The van der Waals surface area contributed by atoms with Gasteiger partial charge in [0.15, 0.2) is 0 Å². The molecule has 0 bridgehead atoms. The van der Waals surface area contributed by atoms with Gasteiger partial charge in [-0.15, -0.1) is 0 Å². The summed E-state index contributed by atoms with van der Waals surface area (Å²) in [6.45, 7) is 2.62. The minimum Gasteiger partial charge on any atom is -0.491 e. The van der Waals surface area contributed by atoms with Crippen molar-refractivity contribution in [1.29, 1.82) is 0 Å². The molecular weight excluding hydrogens is 194 g/mol. The van der Waals surface area contributed by atoms with Gasteiger partial charge in [0.1, 0.15) is 5.75 Å². The second kappa shape index (κ2) is 5.24. The summed E-state index contributed by atoms with van der Waals surface area (Å²) in [7, 11) is 0. The number of carboxylic acids is 1. The minimum atomic E-state index is -1.03. The van der Waals surface area contributed by atoms with E-state index >= 15 is 0 Å². The van der Waals surface area contributed by atoms with Gasteiger partial charge in [-0.1, -0.05) is 19.4 Å². The van der Waals surface area contributed by atoms with Crippen LogP contribution in [0.2, 0.25) is 0 Å². The minimum absolute atomic E-state index is 0.0870. The van der Waals surface area contributed by atoms with Gasteiger partial charge in [-0.2, -0.15) is 0 Å². The zero-order chi connectivity index (χ0) is 11.3. The zero-order valence-electron chi connectivity index (χ0n) is 8.69. The fourth-order valence-electron chi connectivity index (χ4n) is 1.18. The van der Waals surface area contributed by atoms with Gasteiger partial charge in [0.25, 0.3) is 0 Å². The Morgan fingerprint density at radius 2 is 2.27 bits per heavy atom. The van der Waals surface area contributed by atoms with E-state index in [0.29, 0.717) is 12.4 Å². The first-order valence-electron chi connectivity index (χ1n) is 4.91. The Hall–Kier alpha value is -1.71. The molecular formula is C11H15NO3. The fraction of sp³-hybridized carbons (Fsp3) is 0.364. The molecule has 82 valence electrons. The summed E-state index contributed by atoms with van der Waals surface area (Å²) in [5, 5.41) is 8.83. The van der Waals surface area contributed by atoms with E-state index in [1.165, 1.54) is 6.07 Å². The Morgan fingerprint density at radius 1 is 1.53 bits per heavy atom. The number of unbranched alkanes of at least 4 members (excludes halogenated alkanes) is 1. The van der Waals surface area contributed by atoms with Crippen LogP contribution in [0.25, 0.3) is 0 Å². The number of nitrogen functional groups attached to an aromatic ring is 1. The zero-order valence-corrected chi connectivity index (χ0v) is 8.69. The highest BCUT2D eigenvalue weighted by atomic mass is 16.5. The van der Waals surface area contributed by atoms with Crippen molar-refractivity contribution in [3.63, 3.8) is 0 Å². The van der Waals surface area contributed by atoms with E-state index in [4.69, 9.17) is 15.6 Å². The molecule has 0 unspecified atom stereocenters. The van der Waals surface area contributed by atoms with Crippen molar-refractivity contribution in [2.75, 3.05) is 12.3 Å². The van der Waals surface area contributed by atoms with Gasteiger partial charge in [-0.25, -0.2) is 4.79 Å². The first-order valence-corrected chi connectivity index (χ1v) is 4.91. The van der Waals surface area contributed by atoms with E-state index in [1.807, 2.05) is 0 Å². The lowest BCUT2D eigenvalue weighted by Gasteiger charge is -2.09. The van der Waals surface area contributed by atoms with E-state index in [1.54, 1.807) is 12.1 Å². The van der Waals surface area contributed by atoms with Gasteiger partial charge in [-0.05, 0) is 18.6 Å². The van der Waals surface area contributed by atoms with Crippen molar-refractivity contribution in [2.45, 2.75) is 19.8 Å². The number of rotatable bonds is 5. The predicted octanol–water partition coefficient (Wildman–Crippen LogP) is 2.15. The summed E-state index contributed by atoms with van der Waals surface area (Å²) in [6.07, 6.45) is 1.95. The van der Waals surface area contributed by atoms with Crippen LogP contribution in [0.3, 0.4) is 0 Å². The lowest BCUT2D eigenvalue weighted by Crippen LogP contribution is -2.06. The van der Waals surface area contributed by atoms with Crippen molar-refractivity contribution >= 4 is 11.7 Å². The summed E-state index contributed by atoms with van der Waals surface area (Å²) in [5.41, 5.74) is 5.94. The molecule has 3 N–H and O–H groups in total. The average molecular weight is 209 g/mol. The number of aromatic carboxylic acids is 1. The average Bonchev–Trinajstić information content (AvgIpc) is 2.20. The Bertz CT molecular complexity index is 350. The van der Waals surface area contributed by atoms with Gasteiger partial charge in [0, 0.05) is 0 Å². The second-order valence-electron chi connectivity index (χ2n) is 3.22. The number of hydrogen-bond acceptors (Lipinski definition) is 3. The smallest absolute Gasteiger partial charge is 0.337 e. The van der Waals surface area contributed by atoms with Crippen LogP contribution in [0, 0.1) is 0 Å². The van der Waals surface area contributed by atoms with Crippen LogP contribution in [0.15, 0.2) is 18.2 Å². The number of carbonyl (C=O) groups is 1. The third kappa shape index (κ3) is 2.87. The Labute approximate surface area is 88.7 Å². The van der Waals surface area contributed by atoms with E-state index in [2.05, 4.69) is 6.92 Å². The van der Waals surface area contributed by atoms with E-state index < -0.39 is 5.97 Å². The molecule has 0 aliphatic rings. The van der Waals surface area contributed by atoms with Crippen molar-refractivity contribution in [1.82, 2.24) is 0 Å². The van der Waals surface area contributed by atoms with Crippen molar-refractivity contribution in [3.8, 4) is 5.75 Å². The van der Waals surface area contributed by atoms with Crippen LogP contribution in [-0.4, -0.2) is 17.7 Å². The highest BCUT2D eigenvalue weighted by Gasteiger charge is 2.11. The monoisotopic (exact) mass is 209 g/mol. The fourth-order valence-corrected chi connectivity index (χ4v) is 1.18. The Morgan fingerprint density at radius 3 is 2.87 bits per heavy atom. The summed E-state index contributed by atoms with van der Waals surface area (Å²) >= 11 is 0. The molecule has 0 radical (unpaired) electrons. The molecule has 0 saturated carbocycles. The highest BCUT2D eigenvalue weighted by Crippen LogP contribution is 2.25. The molecule has 1 aromatic carbocycles. The molecule has 4 heteroatoms. The molecule has 0 atom stereocenters. The van der Waals surface area contributed by atoms with Gasteiger partial charge in [0.2, 0.25) is 0 Å². The van der Waals surface area contributed by atoms with Gasteiger partial charge in [-0.3, -0.25) is 0 Å². The van der Waals surface area contributed by atoms with Crippen LogP contribution >= 0.6 is 0 Å². The number of hydrogen-bond donors (Lipinski definition) is 2. The lowest BCUT2D eigenvalue weighted by atomic mass is 10.1. The van der Waals surface area contributed by atoms with E-state index in [0.717, 1.165) is 12.8 Å². The third-order valence-corrected chi connectivity index (χ3v) is 2.05. The molecule has 0 aromatic heterocycles. The molecule has 0 fully saturated rings. The Balaban J connectivity index is 2.80. The molecule has 0 amide bonds. The quantitative estimate of drug-likeness (QED) is 0.575. The molecule has 0 saturated heterocycles. The van der Waals surface area contributed by atoms with Crippen molar-refractivity contribution in [2.24, 2.45) is 0 Å². The Kier molecular flexibility index (Phi) is 3.97. The van der Waals surface area contributed by atoms with Crippen molar-refractivity contribution < 1.29 is 14.6 Å². The number of carboxylic acid groups (broad SMARTS) is 1. The molecule has 0 spiro atoms. The maximum absolute atomic E-state index is 10.8. The largest absolute Gasteiger partial charge is 0.491 e. The molecule has 15 heavy (non-hydrogen) atoms. The highest BCUT2D eigenvalue weighted by molar-refractivity contribution is 5.95. The molecule has 0 heterocycles. The van der Waals surface area contributed by atoms with Crippen LogP contribution in [0.5, 0.6) is 5.75 Å². The normalized spacial score (nSPS) is 9.93. The summed E-state index contributed by atoms with van der Waals surface area (Å²) in [5.74, 6) is -0.586. The van der Waals surface area contributed by atoms with Gasteiger partial charge >= 0.3 is 5.97 Å². The van der Waals surface area contributed by atoms with E-state index in [9.17, 15) is 4.79 Å². The topological polar surface area (TPSA) is 72.5 Å². The molecule has 0 aliphatic carbocycles. The van der Waals surface area contributed by atoms with Crippen molar-refractivity contribution in [3.05, 3.63) is 23.8 Å². The SMILES string of the molecule is CCCCOc1cccc(C(=O)O)c1N. The first-order chi connectivity index (χ1) is 7.16. The lowest BCUT2D eigenvalue weighted by molar-refractivity contribution is 0.0697. The van der Waals surface area contributed by atoms with Gasteiger partial charge < -0.3 is 15.6 Å². The standard InChI is InChI=1S/C11H15NO3/c1-2-3-7-15-9-6-4-5-8(10(9)12)11(13)14/h4-6H,2-3,7,12H2,1H3,(H,13,14). The maximum atomic E-state index is 10.8. The van der Waals surface area contributed by atoms with Crippen LogP contribution in [0.1, 0.15) is 30.1 Å². The number of anilines is 1. The molecule has 4 nitrogen and oxygen atoms in total. The number of nitrogens with two attached hydrogens (primary N) is 1. The predicted molar refractivity (Wildman–Crippen MR) is 58.2 cm³/mol. The van der Waals surface area contributed by atoms with Crippen LogP contribution in [0.4, 0.5) is 5.69 Å². The van der Waals surface area contributed by atoms with Crippen LogP contribution in [-0.2, 0) is 0 Å². The third-order valence-electron chi connectivity index (χ3n) is 2.05. The molecule has 1 aromatic rings. The maximum Gasteiger partial charge on any atom is 0.337 e.